The molecule has 0 aromatic carbocycles. The smallest absolute Gasteiger partial charge is 0.246 e. The van der Waals surface area contributed by atoms with Gasteiger partial charge in [-0.1, -0.05) is 6.58 Å². The molecular formula is C10H13N3OS. The quantitative estimate of drug-likeness (QED) is 0.701. The molecule has 80 valence electrons. The van der Waals surface area contributed by atoms with Gasteiger partial charge in [-0.3, -0.25) is 4.79 Å². The SMILES string of the molecule is C=CC(=O)N1CCN(c2nccs2)CC1. The molecular weight excluding hydrogens is 210 g/mol. The molecule has 1 saturated heterocycles. The molecule has 0 saturated carbocycles. The summed E-state index contributed by atoms with van der Waals surface area (Å²) in [5.41, 5.74) is 0. The third-order valence-corrected chi connectivity index (χ3v) is 3.29. The fraction of sp³-hybridized carbons (Fsp3) is 0.400. The normalized spacial score (nSPS) is 16.5. The highest BCUT2D eigenvalue weighted by molar-refractivity contribution is 7.13. The summed E-state index contributed by atoms with van der Waals surface area (Å²) in [4.78, 5) is 19.6. The first kappa shape index (κ1) is 10.2. The number of piperazine rings is 1. The van der Waals surface area contributed by atoms with Crippen molar-refractivity contribution in [3.63, 3.8) is 0 Å². The molecule has 1 aliphatic heterocycles. The van der Waals surface area contributed by atoms with E-state index in [1.807, 2.05) is 10.3 Å². The lowest BCUT2D eigenvalue weighted by molar-refractivity contribution is -0.126. The molecule has 1 amide bonds. The Balaban J connectivity index is 1.92. The van der Waals surface area contributed by atoms with E-state index in [0.717, 1.165) is 31.3 Å². The van der Waals surface area contributed by atoms with Gasteiger partial charge in [0.25, 0.3) is 0 Å². The van der Waals surface area contributed by atoms with Gasteiger partial charge in [0.15, 0.2) is 5.13 Å². The third-order valence-electron chi connectivity index (χ3n) is 2.46. The number of carbonyl (C=O) groups is 1. The summed E-state index contributed by atoms with van der Waals surface area (Å²) in [7, 11) is 0. The van der Waals surface area contributed by atoms with Crippen molar-refractivity contribution >= 4 is 22.4 Å². The van der Waals surface area contributed by atoms with Crippen LogP contribution in [-0.4, -0.2) is 42.0 Å². The van der Waals surface area contributed by atoms with Gasteiger partial charge < -0.3 is 9.80 Å². The Bertz CT molecular complexity index is 342. The van der Waals surface area contributed by atoms with Crippen molar-refractivity contribution < 1.29 is 4.79 Å². The van der Waals surface area contributed by atoms with Crippen LogP contribution in [0.3, 0.4) is 0 Å². The minimum atomic E-state index is 0.0220. The second-order valence-electron chi connectivity index (χ2n) is 3.33. The van der Waals surface area contributed by atoms with Gasteiger partial charge in [-0.25, -0.2) is 4.98 Å². The molecule has 1 aliphatic rings. The summed E-state index contributed by atoms with van der Waals surface area (Å²) >= 11 is 1.64. The van der Waals surface area contributed by atoms with Gasteiger partial charge in [0, 0.05) is 37.8 Å². The topological polar surface area (TPSA) is 36.4 Å². The number of anilines is 1. The number of rotatable bonds is 2. The van der Waals surface area contributed by atoms with Crippen LogP contribution < -0.4 is 4.90 Å². The molecule has 1 aromatic rings. The Hall–Kier alpha value is -1.36. The molecule has 2 rings (SSSR count). The van der Waals surface area contributed by atoms with Gasteiger partial charge in [-0.2, -0.15) is 0 Å². The van der Waals surface area contributed by atoms with Crippen LogP contribution in [0.2, 0.25) is 0 Å². The summed E-state index contributed by atoms with van der Waals surface area (Å²) in [5, 5.41) is 3.01. The number of amides is 1. The van der Waals surface area contributed by atoms with Crippen LogP contribution in [0.15, 0.2) is 24.2 Å². The lowest BCUT2D eigenvalue weighted by Crippen LogP contribution is -2.48. The highest BCUT2D eigenvalue weighted by Crippen LogP contribution is 2.18. The van der Waals surface area contributed by atoms with E-state index in [0.29, 0.717) is 0 Å². The van der Waals surface area contributed by atoms with Gasteiger partial charge >= 0.3 is 0 Å². The van der Waals surface area contributed by atoms with E-state index < -0.39 is 0 Å². The number of hydrogen-bond donors (Lipinski definition) is 0. The fourth-order valence-electron chi connectivity index (χ4n) is 1.62. The van der Waals surface area contributed by atoms with Crippen molar-refractivity contribution in [3.05, 3.63) is 24.2 Å². The fourth-order valence-corrected chi connectivity index (χ4v) is 2.32. The van der Waals surface area contributed by atoms with E-state index in [-0.39, 0.29) is 5.91 Å². The lowest BCUT2D eigenvalue weighted by atomic mass is 10.3. The van der Waals surface area contributed by atoms with Crippen molar-refractivity contribution in [1.29, 1.82) is 0 Å². The monoisotopic (exact) mass is 223 g/mol. The zero-order valence-corrected chi connectivity index (χ0v) is 9.24. The molecule has 1 aromatic heterocycles. The van der Waals surface area contributed by atoms with E-state index in [1.165, 1.54) is 6.08 Å². The van der Waals surface area contributed by atoms with Crippen LogP contribution in [0.5, 0.6) is 0 Å². The predicted octanol–water partition coefficient (Wildman–Crippen LogP) is 0.978. The van der Waals surface area contributed by atoms with Crippen molar-refractivity contribution in [2.24, 2.45) is 0 Å². The second kappa shape index (κ2) is 4.44. The Morgan fingerprint density at radius 1 is 1.47 bits per heavy atom. The average Bonchev–Trinajstić information content (AvgIpc) is 2.82. The Labute approximate surface area is 92.8 Å². The number of carbonyl (C=O) groups excluding carboxylic acids is 1. The van der Waals surface area contributed by atoms with E-state index >= 15 is 0 Å². The number of nitrogens with zero attached hydrogens (tertiary/aromatic N) is 3. The molecule has 1 fully saturated rings. The highest BCUT2D eigenvalue weighted by Gasteiger charge is 2.20. The van der Waals surface area contributed by atoms with Crippen LogP contribution in [0, 0.1) is 0 Å². The van der Waals surface area contributed by atoms with E-state index in [2.05, 4.69) is 16.5 Å². The Morgan fingerprint density at radius 2 is 2.20 bits per heavy atom. The Morgan fingerprint density at radius 3 is 2.73 bits per heavy atom. The van der Waals surface area contributed by atoms with Crippen LogP contribution in [0.25, 0.3) is 0 Å². The second-order valence-corrected chi connectivity index (χ2v) is 4.20. The van der Waals surface area contributed by atoms with E-state index in [4.69, 9.17) is 0 Å². The summed E-state index contributed by atoms with van der Waals surface area (Å²) in [6.07, 6.45) is 3.18. The van der Waals surface area contributed by atoms with E-state index in [1.54, 1.807) is 17.5 Å². The first-order valence-electron chi connectivity index (χ1n) is 4.87. The standard InChI is InChI=1S/C10H13N3OS/c1-2-9(14)12-4-6-13(7-5-12)10-11-3-8-15-10/h2-3,8H,1,4-7H2. The van der Waals surface area contributed by atoms with Crippen molar-refractivity contribution in [3.8, 4) is 0 Å². The lowest BCUT2D eigenvalue weighted by Gasteiger charge is -2.33. The van der Waals surface area contributed by atoms with Crippen molar-refractivity contribution in [1.82, 2.24) is 9.88 Å². The first-order valence-corrected chi connectivity index (χ1v) is 5.75. The predicted molar refractivity (Wildman–Crippen MR) is 61.1 cm³/mol. The van der Waals surface area contributed by atoms with Crippen molar-refractivity contribution in [2.75, 3.05) is 31.1 Å². The summed E-state index contributed by atoms with van der Waals surface area (Å²) < 4.78 is 0. The van der Waals surface area contributed by atoms with Gasteiger partial charge in [-0.15, -0.1) is 11.3 Å². The third kappa shape index (κ3) is 2.18. The van der Waals surface area contributed by atoms with Gasteiger partial charge in [0.2, 0.25) is 5.91 Å². The molecule has 0 aliphatic carbocycles. The maximum Gasteiger partial charge on any atom is 0.246 e. The largest absolute Gasteiger partial charge is 0.345 e. The first-order chi connectivity index (χ1) is 7.31. The molecule has 2 heterocycles. The molecule has 0 bridgehead atoms. The molecule has 0 unspecified atom stereocenters. The maximum atomic E-state index is 11.3. The Kier molecular flexibility index (Phi) is 3.01. The molecule has 0 N–H and O–H groups in total. The minimum Gasteiger partial charge on any atom is -0.345 e. The molecule has 0 spiro atoms. The molecule has 0 radical (unpaired) electrons. The zero-order chi connectivity index (χ0) is 10.7. The average molecular weight is 223 g/mol. The van der Waals surface area contributed by atoms with Crippen LogP contribution in [0.1, 0.15) is 0 Å². The molecule has 0 atom stereocenters. The minimum absolute atomic E-state index is 0.0220. The van der Waals surface area contributed by atoms with Gasteiger partial charge in [0.1, 0.15) is 0 Å². The molecule has 5 heteroatoms. The highest BCUT2D eigenvalue weighted by atomic mass is 32.1. The van der Waals surface area contributed by atoms with E-state index in [9.17, 15) is 4.79 Å². The summed E-state index contributed by atoms with van der Waals surface area (Å²) in [5.74, 6) is 0.0220. The number of hydrogen-bond acceptors (Lipinski definition) is 4. The zero-order valence-electron chi connectivity index (χ0n) is 8.43. The van der Waals surface area contributed by atoms with Crippen molar-refractivity contribution in [2.45, 2.75) is 0 Å². The van der Waals surface area contributed by atoms with Gasteiger partial charge in [-0.05, 0) is 6.08 Å². The summed E-state index contributed by atoms with van der Waals surface area (Å²) in [6, 6.07) is 0. The summed E-state index contributed by atoms with van der Waals surface area (Å²) in [6.45, 7) is 6.71. The maximum absolute atomic E-state index is 11.3. The molecule has 15 heavy (non-hydrogen) atoms. The number of thiazole rings is 1. The molecule has 4 nitrogen and oxygen atoms in total. The van der Waals surface area contributed by atoms with Crippen LogP contribution in [0.4, 0.5) is 5.13 Å². The van der Waals surface area contributed by atoms with Crippen LogP contribution >= 0.6 is 11.3 Å². The number of aromatic nitrogens is 1. The van der Waals surface area contributed by atoms with Crippen LogP contribution in [-0.2, 0) is 4.79 Å². The van der Waals surface area contributed by atoms with Gasteiger partial charge in [0.05, 0.1) is 0 Å².